The summed E-state index contributed by atoms with van der Waals surface area (Å²) in [6.45, 7) is 0.932. The van der Waals surface area contributed by atoms with Crippen LogP contribution in [0.3, 0.4) is 0 Å². The van der Waals surface area contributed by atoms with Gasteiger partial charge in [-0.1, -0.05) is 6.07 Å². The fourth-order valence-corrected chi connectivity index (χ4v) is 1.94. The zero-order valence-corrected chi connectivity index (χ0v) is 10.1. The average Bonchev–Trinajstić information content (AvgIpc) is 2.33. The minimum absolute atomic E-state index is 0.806. The molecule has 1 heterocycles. The first-order chi connectivity index (χ1) is 7.83. The standard InChI is InChI=1S/C12H15N3S/c1-16-7-6-15-11-3-2-9-8-14-5-4-10(9)12(11)13/h2-5,8,15H,6-7,13H2,1H3. The van der Waals surface area contributed by atoms with Crippen LogP contribution in [-0.2, 0) is 0 Å². The van der Waals surface area contributed by atoms with Crippen molar-refractivity contribution in [2.24, 2.45) is 0 Å². The molecule has 16 heavy (non-hydrogen) atoms. The third kappa shape index (κ3) is 2.22. The van der Waals surface area contributed by atoms with Crippen LogP contribution in [0.4, 0.5) is 11.4 Å². The number of rotatable bonds is 4. The number of benzene rings is 1. The average molecular weight is 233 g/mol. The quantitative estimate of drug-likeness (QED) is 0.629. The molecule has 0 aliphatic carbocycles. The van der Waals surface area contributed by atoms with Crippen molar-refractivity contribution in [2.45, 2.75) is 0 Å². The van der Waals surface area contributed by atoms with Crippen LogP contribution in [0.2, 0.25) is 0 Å². The van der Waals surface area contributed by atoms with Gasteiger partial charge >= 0.3 is 0 Å². The Bertz CT molecular complexity index is 485. The molecule has 3 N–H and O–H groups in total. The summed E-state index contributed by atoms with van der Waals surface area (Å²) in [5.74, 6) is 1.08. The van der Waals surface area contributed by atoms with Gasteiger partial charge in [-0.25, -0.2) is 0 Å². The molecule has 0 bridgehead atoms. The second-order valence-corrected chi connectivity index (χ2v) is 4.53. The number of nitrogens with two attached hydrogens (primary N) is 1. The highest BCUT2D eigenvalue weighted by molar-refractivity contribution is 7.98. The zero-order valence-electron chi connectivity index (χ0n) is 9.23. The zero-order chi connectivity index (χ0) is 11.4. The first-order valence-electron chi connectivity index (χ1n) is 5.18. The maximum Gasteiger partial charge on any atom is 0.0630 e. The minimum atomic E-state index is 0.806. The van der Waals surface area contributed by atoms with Crippen LogP contribution in [0.5, 0.6) is 0 Å². The van der Waals surface area contributed by atoms with E-state index in [-0.39, 0.29) is 0 Å². The lowest BCUT2D eigenvalue weighted by atomic mass is 10.1. The van der Waals surface area contributed by atoms with Crippen molar-refractivity contribution in [1.82, 2.24) is 4.98 Å². The maximum absolute atomic E-state index is 6.10. The maximum atomic E-state index is 6.10. The Balaban J connectivity index is 2.29. The molecule has 0 atom stereocenters. The molecule has 0 unspecified atom stereocenters. The Morgan fingerprint density at radius 1 is 1.38 bits per heavy atom. The Kier molecular flexibility index (Phi) is 3.51. The normalized spacial score (nSPS) is 10.6. The number of fused-ring (bicyclic) bond motifs is 1. The van der Waals surface area contributed by atoms with Gasteiger partial charge in [-0.3, -0.25) is 4.98 Å². The molecule has 3 nitrogen and oxygen atoms in total. The van der Waals surface area contributed by atoms with E-state index in [0.717, 1.165) is 34.4 Å². The molecular formula is C12H15N3S. The monoisotopic (exact) mass is 233 g/mol. The van der Waals surface area contributed by atoms with Crippen molar-refractivity contribution >= 4 is 33.9 Å². The second kappa shape index (κ2) is 5.07. The molecule has 2 rings (SSSR count). The van der Waals surface area contributed by atoms with Gasteiger partial charge in [-0.05, 0) is 18.4 Å². The first-order valence-corrected chi connectivity index (χ1v) is 6.57. The summed E-state index contributed by atoms with van der Waals surface area (Å²) in [5.41, 5.74) is 7.92. The van der Waals surface area contributed by atoms with E-state index in [4.69, 9.17) is 5.73 Å². The van der Waals surface area contributed by atoms with Gasteiger partial charge < -0.3 is 11.1 Å². The predicted molar refractivity (Wildman–Crippen MR) is 73.0 cm³/mol. The van der Waals surface area contributed by atoms with Crippen LogP contribution in [0, 0.1) is 0 Å². The third-order valence-electron chi connectivity index (χ3n) is 2.48. The molecule has 0 radical (unpaired) electrons. The molecule has 0 amide bonds. The molecule has 0 saturated heterocycles. The minimum Gasteiger partial charge on any atom is -0.397 e. The highest BCUT2D eigenvalue weighted by atomic mass is 32.2. The highest BCUT2D eigenvalue weighted by Gasteiger charge is 2.03. The Morgan fingerprint density at radius 2 is 2.25 bits per heavy atom. The van der Waals surface area contributed by atoms with E-state index in [2.05, 4.69) is 16.6 Å². The Hall–Kier alpha value is -1.42. The van der Waals surface area contributed by atoms with E-state index in [1.807, 2.05) is 36.2 Å². The van der Waals surface area contributed by atoms with Crippen molar-refractivity contribution < 1.29 is 0 Å². The molecular weight excluding hydrogens is 218 g/mol. The number of thioether (sulfide) groups is 1. The molecule has 0 aliphatic rings. The fourth-order valence-electron chi connectivity index (χ4n) is 1.63. The van der Waals surface area contributed by atoms with Gasteiger partial charge in [-0.15, -0.1) is 0 Å². The number of aromatic nitrogens is 1. The summed E-state index contributed by atoms with van der Waals surface area (Å²) in [4.78, 5) is 4.08. The van der Waals surface area contributed by atoms with Gasteiger partial charge in [0.25, 0.3) is 0 Å². The molecule has 1 aromatic heterocycles. The number of pyridine rings is 1. The van der Waals surface area contributed by atoms with Crippen molar-refractivity contribution in [2.75, 3.05) is 29.6 Å². The molecule has 1 aromatic carbocycles. The molecule has 0 fully saturated rings. The number of hydrogen-bond acceptors (Lipinski definition) is 4. The lowest BCUT2D eigenvalue weighted by Gasteiger charge is -2.10. The summed E-state index contributed by atoms with van der Waals surface area (Å²) in [6, 6.07) is 6.00. The summed E-state index contributed by atoms with van der Waals surface area (Å²) < 4.78 is 0. The van der Waals surface area contributed by atoms with Gasteiger partial charge in [0.1, 0.15) is 0 Å². The molecule has 4 heteroatoms. The van der Waals surface area contributed by atoms with Gasteiger partial charge in [0.15, 0.2) is 0 Å². The largest absolute Gasteiger partial charge is 0.397 e. The topological polar surface area (TPSA) is 50.9 Å². The van der Waals surface area contributed by atoms with E-state index in [9.17, 15) is 0 Å². The Labute approximate surface area is 99.4 Å². The van der Waals surface area contributed by atoms with E-state index < -0.39 is 0 Å². The second-order valence-electron chi connectivity index (χ2n) is 3.54. The number of nitrogens with one attached hydrogen (secondary N) is 1. The fraction of sp³-hybridized carbons (Fsp3) is 0.250. The molecule has 0 saturated carbocycles. The van der Waals surface area contributed by atoms with E-state index in [1.54, 1.807) is 6.20 Å². The Morgan fingerprint density at radius 3 is 3.06 bits per heavy atom. The highest BCUT2D eigenvalue weighted by Crippen LogP contribution is 2.27. The van der Waals surface area contributed by atoms with E-state index >= 15 is 0 Å². The number of hydrogen-bond donors (Lipinski definition) is 2. The molecule has 84 valence electrons. The van der Waals surface area contributed by atoms with Crippen molar-refractivity contribution in [1.29, 1.82) is 0 Å². The molecule has 0 aliphatic heterocycles. The third-order valence-corrected chi connectivity index (χ3v) is 3.10. The lowest BCUT2D eigenvalue weighted by Crippen LogP contribution is -2.06. The summed E-state index contributed by atoms with van der Waals surface area (Å²) in [5, 5.41) is 5.48. The summed E-state index contributed by atoms with van der Waals surface area (Å²) in [7, 11) is 0. The van der Waals surface area contributed by atoms with Crippen molar-refractivity contribution in [3.63, 3.8) is 0 Å². The summed E-state index contributed by atoms with van der Waals surface area (Å²) in [6.07, 6.45) is 5.69. The molecule has 2 aromatic rings. The first kappa shape index (κ1) is 11.1. The van der Waals surface area contributed by atoms with Crippen LogP contribution in [-0.4, -0.2) is 23.5 Å². The SMILES string of the molecule is CSCCNc1ccc2cnccc2c1N. The van der Waals surface area contributed by atoms with Gasteiger partial charge in [0.05, 0.1) is 11.4 Å². The van der Waals surface area contributed by atoms with Crippen LogP contribution < -0.4 is 11.1 Å². The van der Waals surface area contributed by atoms with Crippen LogP contribution in [0.1, 0.15) is 0 Å². The van der Waals surface area contributed by atoms with Gasteiger partial charge in [-0.2, -0.15) is 11.8 Å². The van der Waals surface area contributed by atoms with Crippen molar-refractivity contribution in [3.8, 4) is 0 Å². The van der Waals surface area contributed by atoms with E-state index in [0.29, 0.717) is 0 Å². The summed E-state index contributed by atoms with van der Waals surface area (Å²) >= 11 is 1.82. The smallest absolute Gasteiger partial charge is 0.0630 e. The van der Waals surface area contributed by atoms with Gasteiger partial charge in [0, 0.05) is 35.5 Å². The van der Waals surface area contributed by atoms with Crippen LogP contribution in [0.15, 0.2) is 30.6 Å². The number of anilines is 2. The predicted octanol–water partition coefficient (Wildman–Crippen LogP) is 2.59. The lowest BCUT2D eigenvalue weighted by molar-refractivity contribution is 1.23. The van der Waals surface area contributed by atoms with Gasteiger partial charge in [0.2, 0.25) is 0 Å². The van der Waals surface area contributed by atoms with Crippen LogP contribution in [0.25, 0.3) is 10.8 Å². The van der Waals surface area contributed by atoms with E-state index in [1.165, 1.54) is 0 Å². The molecule has 0 spiro atoms. The van der Waals surface area contributed by atoms with Crippen LogP contribution >= 0.6 is 11.8 Å². The number of nitrogen functional groups attached to an aromatic ring is 1. The van der Waals surface area contributed by atoms with Crippen molar-refractivity contribution in [3.05, 3.63) is 30.6 Å². The number of nitrogens with zero attached hydrogens (tertiary/aromatic N) is 1.